The summed E-state index contributed by atoms with van der Waals surface area (Å²) in [5, 5.41) is 20.0. The van der Waals surface area contributed by atoms with E-state index in [9.17, 15) is 20.0 Å². The summed E-state index contributed by atoms with van der Waals surface area (Å²) in [6, 6.07) is 5.65. The Morgan fingerprint density at radius 1 is 1.60 bits per heavy atom. The SMILES string of the molecule is CC(=O)C[C@@H](O)c1cccc([N+](=O)[O-])c1. The highest BCUT2D eigenvalue weighted by molar-refractivity contribution is 5.76. The normalized spacial score (nSPS) is 12.1. The third kappa shape index (κ3) is 3.14. The first-order valence-electron chi connectivity index (χ1n) is 4.42. The maximum atomic E-state index is 10.8. The van der Waals surface area contributed by atoms with Gasteiger partial charge in [-0.1, -0.05) is 12.1 Å². The van der Waals surface area contributed by atoms with Gasteiger partial charge >= 0.3 is 0 Å². The van der Waals surface area contributed by atoms with Crippen molar-refractivity contribution in [2.24, 2.45) is 0 Å². The maximum Gasteiger partial charge on any atom is 0.269 e. The molecule has 1 N–H and O–H groups in total. The van der Waals surface area contributed by atoms with E-state index in [4.69, 9.17) is 0 Å². The predicted molar refractivity (Wildman–Crippen MR) is 53.4 cm³/mol. The van der Waals surface area contributed by atoms with E-state index in [1.54, 1.807) is 6.07 Å². The molecule has 0 aliphatic carbocycles. The standard InChI is InChI=1S/C10H11NO4/c1-7(12)5-10(13)8-3-2-4-9(6-8)11(14)15/h2-4,6,10,13H,5H2,1H3/t10-/m1/s1. The number of ketones is 1. The number of carbonyl (C=O) groups is 1. The van der Waals surface area contributed by atoms with Crippen LogP contribution in [0.4, 0.5) is 5.69 Å². The lowest BCUT2D eigenvalue weighted by Crippen LogP contribution is -2.03. The van der Waals surface area contributed by atoms with E-state index in [0.29, 0.717) is 5.56 Å². The van der Waals surface area contributed by atoms with Crippen LogP contribution >= 0.6 is 0 Å². The van der Waals surface area contributed by atoms with Gasteiger partial charge in [-0.05, 0) is 12.5 Å². The third-order valence-corrected chi connectivity index (χ3v) is 1.95. The van der Waals surface area contributed by atoms with Crippen molar-refractivity contribution in [3.05, 3.63) is 39.9 Å². The molecule has 1 rings (SSSR count). The lowest BCUT2D eigenvalue weighted by molar-refractivity contribution is -0.385. The fraction of sp³-hybridized carbons (Fsp3) is 0.300. The number of benzene rings is 1. The number of aliphatic hydroxyl groups is 1. The number of nitrogens with zero attached hydrogens (tertiary/aromatic N) is 1. The number of carbonyl (C=O) groups excluding carboxylic acids is 1. The Hall–Kier alpha value is -1.75. The van der Waals surface area contributed by atoms with E-state index in [1.807, 2.05) is 0 Å². The first kappa shape index (κ1) is 11.3. The third-order valence-electron chi connectivity index (χ3n) is 1.95. The van der Waals surface area contributed by atoms with Gasteiger partial charge in [0, 0.05) is 18.6 Å². The van der Waals surface area contributed by atoms with Crippen LogP contribution in [0.15, 0.2) is 24.3 Å². The Kier molecular flexibility index (Phi) is 3.51. The molecule has 0 amide bonds. The second-order valence-corrected chi connectivity index (χ2v) is 3.27. The maximum absolute atomic E-state index is 10.8. The molecular formula is C10H11NO4. The summed E-state index contributed by atoms with van der Waals surface area (Å²) < 4.78 is 0. The van der Waals surface area contributed by atoms with E-state index in [0.717, 1.165) is 0 Å². The van der Waals surface area contributed by atoms with Gasteiger partial charge in [0.25, 0.3) is 5.69 Å². The summed E-state index contributed by atoms with van der Waals surface area (Å²) in [6.45, 7) is 1.36. The summed E-state index contributed by atoms with van der Waals surface area (Å²) in [4.78, 5) is 20.7. The molecule has 0 unspecified atom stereocenters. The van der Waals surface area contributed by atoms with Crippen LogP contribution in [0.1, 0.15) is 25.0 Å². The molecule has 0 saturated heterocycles. The Morgan fingerprint density at radius 3 is 2.80 bits per heavy atom. The van der Waals surface area contributed by atoms with Crippen LogP contribution in [0, 0.1) is 10.1 Å². The molecule has 1 aromatic rings. The van der Waals surface area contributed by atoms with Gasteiger partial charge < -0.3 is 5.11 Å². The van der Waals surface area contributed by atoms with Crippen molar-refractivity contribution in [1.82, 2.24) is 0 Å². The van der Waals surface area contributed by atoms with Gasteiger partial charge in [0.05, 0.1) is 11.0 Å². The smallest absolute Gasteiger partial charge is 0.269 e. The largest absolute Gasteiger partial charge is 0.388 e. The zero-order valence-corrected chi connectivity index (χ0v) is 8.21. The minimum atomic E-state index is -0.970. The Morgan fingerprint density at radius 2 is 2.27 bits per heavy atom. The van der Waals surface area contributed by atoms with Crippen LogP contribution in [0.2, 0.25) is 0 Å². The van der Waals surface area contributed by atoms with E-state index in [1.165, 1.54) is 25.1 Å². The van der Waals surface area contributed by atoms with Crippen molar-refractivity contribution in [2.45, 2.75) is 19.4 Å². The molecule has 15 heavy (non-hydrogen) atoms. The molecule has 80 valence electrons. The molecule has 5 heteroatoms. The molecule has 1 atom stereocenters. The molecule has 0 saturated carbocycles. The summed E-state index contributed by atoms with van der Waals surface area (Å²) in [7, 11) is 0. The molecule has 0 bridgehead atoms. The summed E-state index contributed by atoms with van der Waals surface area (Å²) in [5.41, 5.74) is 0.300. The Balaban J connectivity index is 2.89. The van der Waals surface area contributed by atoms with Crippen molar-refractivity contribution in [1.29, 1.82) is 0 Å². The van der Waals surface area contributed by atoms with Gasteiger partial charge in [0.15, 0.2) is 0 Å². The zero-order valence-electron chi connectivity index (χ0n) is 8.21. The molecule has 0 spiro atoms. The number of hydrogen-bond donors (Lipinski definition) is 1. The number of hydrogen-bond acceptors (Lipinski definition) is 4. The van der Waals surface area contributed by atoms with Crippen molar-refractivity contribution in [2.75, 3.05) is 0 Å². The monoisotopic (exact) mass is 209 g/mol. The second kappa shape index (κ2) is 4.65. The topological polar surface area (TPSA) is 80.4 Å². The lowest BCUT2D eigenvalue weighted by Gasteiger charge is -2.07. The van der Waals surface area contributed by atoms with Gasteiger partial charge in [-0.3, -0.25) is 14.9 Å². The predicted octanol–water partition coefficient (Wildman–Crippen LogP) is 1.61. The number of nitro benzene ring substituents is 1. The number of nitro groups is 1. The van der Waals surface area contributed by atoms with Gasteiger partial charge in [-0.2, -0.15) is 0 Å². The number of non-ortho nitro benzene ring substituents is 1. The molecule has 0 aliphatic rings. The minimum Gasteiger partial charge on any atom is -0.388 e. The summed E-state index contributed by atoms with van der Waals surface area (Å²) in [6.07, 6.45) is -0.997. The first-order chi connectivity index (χ1) is 7.00. The van der Waals surface area contributed by atoms with Crippen LogP contribution < -0.4 is 0 Å². The fourth-order valence-corrected chi connectivity index (χ4v) is 1.24. The highest BCUT2D eigenvalue weighted by atomic mass is 16.6. The van der Waals surface area contributed by atoms with Crippen LogP contribution in [0.25, 0.3) is 0 Å². The summed E-state index contributed by atoms with van der Waals surface area (Å²) >= 11 is 0. The van der Waals surface area contributed by atoms with Gasteiger partial charge in [0.2, 0.25) is 0 Å². The average molecular weight is 209 g/mol. The van der Waals surface area contributed by atoms with Crippen molar-refractivity contribution >= 4 is 11.5 Å². The number of Topliss-reactive ketones (excluding diaryl/α,β-unsaturated/α-hetero) is 1. The van der Waals surface area contributed by atoms with Crippen LogP contribution in [0.5, 0.6) is 0 Å². The molecule has 0 aromatic heterocycles. The average Bonchev–Trinajstić information content (AvgIpc) is 2.17. The molecular weight excluding hydrogens is 198 g/mol. The van der Waals surface area contributed by atoms with Crippen LogP contribution in [0.3, 0.4) is 0 Å². The highest BCUT2D eigenvalue weighted by Crippen LogP contribution is 2.21. The molecule has 0 fully saturated rings. The second-order valence-electron chi connectivity index (χ2n) is 3.27. The van der Waals surface area contributed by atoms with Crippen molar-refractivity contribution in [3.63, 3.8) is 0 Å². The fourth-order valence-electron chi connectivity index (χ4n) is 1.24. The molecule has 0 aliphatic heterocycles. The molecule has 0 heterocycles. The summed E-state index contributed by atoms with van der Waals surface area (Å²) in [5.74, 6) is -0.158. The van der Waals surface area contributed by atoms with E-state index >= 15 is 0 Å². The number of rotatable bonds is 4. The van der Waals surface area contributed by atoms with Gasteiger partial charge in [-0.25, -0.2) is 0 Å². The minimum absolute atomic E-state index is 0.0266. The zero-order chi connectivity index (χ0) is 11.4. The van der Waals surface area contributed by atoms with Crippen LogP contribution in [-0.2, 0) is 4.79 Å². The van der Waals surface area contributed by atoms with E-state index in [-0.39, 0.29) is 17.9 Å². The Bertz CT molecular complexity index is 389. The van der Waals surface area contributed by atoms with Crippen LogP contribution in [-0.4, -0.2) is 15.8 Å². The van der Waals surface area contributed by atoms with E-state index in [2.05, 4.69) is 0 Å². The van der Waals surface area contributed by atoms with Gasteiger partial charge in [-0.15, -0.1) is 0 Å². The van der Waals surface area contributed by atoms with Crippen molar-refractivity contribution < 1.29 is 14.8 Å². The van der Waals surface area contributed by atoms with E-state index < -0.39 is 11.0 Å². The molecule has 1 aromatic carbocycles. The molecule has 5 nitrogen and oxygen atoms in total. The Labute approximate surface area is 86.5 Å². The highest BCUT2D eigenvalue weighted by Gasteiger charge is 2.13. The first-order valence-corrected chi connectivity index (χ1v) is 4.42. The number of aliphatic hydroxyl groups excluding tert-OH is 1. The van der Waals surface area contributed by atoms with Gasteiger partial charge in [0.1, 0.15) is 5.78 Å². The van der Waals surface area contributed by atoms with Crippen molar-refractivity contribution in [3.8, 4) is 0 Å². The molecule has 0 radical (unpaired) electrons. The quantitative estimate of drug-likeness (QED) is 0.603. The lowest BCUT2D eigenvalue weighted by atomic mass is 10.0.